The predicted molar refractivity (Wildman–Crippen MR) is 40.5 cm³/mol. The first-order chi connectivity index (χ1) is 4.34. The van der Waals surface area contributed by atoms with Gasteiger partial charge in [-0.25, -0.2) is 0 Å². The van der Waals surface area contributed by atoms with Gasteiger partial charge in [-0.05, 0) is 12.8 Å². The second-order valence-electron chi connectivity index (χ2n) is 2.04. The minimum absolute atomic E-state index is 0. The van der Waals surface area contributed by atoms with Crippen LogP contribution in [0.4, 0.5) is 0 Å². The van der Waals surface area contributed by atoms with Gasteiger partial charge >= 0.3 is 0 Å². The molecule has 0 fully saturated rings. The summed E-state index contributed by atoms with van der Waals surface area (Å²) in [7, 11) is 0. The van der Waals surface area contributed by atoms with E-state index in [4.69, 9.17) is 11.1 Å². The number of nitrogens with one attached hydrogen (secondary N) is 1. The van der Waals surface area contributed by atoms with E-state index in [1.807, 2.05) is 12.2 Å². The van der Waals surface area contributed by atoms with Crippen LogP contribution in [0.5, 0.6) is 0 Å². The third kappa shape index (κ3) is 1.19. The van der Waals surface area contributed by atoms with Gasteiger partial charge in [0.05, 0.1) is 0 Å². The van der Waals surface area contributed by atoms with Gasteiger partial charge in [-0.1, -0.05) is 12.2 Å². The van der Waals surface area contributed by atoms with E-state index in [1.54, 1.807) is 0 Å². The smallest absolute Gasteiger partial charge is 0.0359 e. The molecule has 0 aromatic carbocycles. The summed E-state index contributed by atoms with van der Waals surface area (Å²) < 4.78 is 0. The Bertz CT molecular complexity index is 182. The molecule has 9 heavy (non-hydrogen) atoms. The van der Waals surface area contributed by atoms with Gasteiger partial charge in [-0.15, -0.1) is 0 Å². The lowest BCUT2D eigenvalue weighted by atomic mass is 10.1. The van der Waals surface area contributed by atoms with Gasteiger partial charge in [0.1, 0.15) is 0 Å². The largest absolute Gasteiger partial charge is 0.398 e. The van der Waals surface area contributed by atoms with Gasteiger partial charge in [-0.2, -0.15) is 0 Å². The fraction of sp³-hybridized carbons (Fsp3) is 0.286. The van der Waals surface area contributed by atoms with Crippen LogP contribution in [0.2, 0.25) is 0 Å². The number of nitrogens with two attached hydrogens (primary N) is 1. The number of hydrogen-bond donors (Lipinski definition) is 2. The minimum atomic E-state index is 0. The highest BCUT2D eigenvalue weighted by atomic mass is 14.6. The van der Waals surface area contributed by atoms with Crippen LogP contribution in [-0.4, -0.2) is 6.21 Å². The lowest BCUT2D eigenvalue weighted by Gasteiger charge is -2.05. The van der Waals surface area contributed by atoms with E-state index >= 15 is 0 Å². The summed E-state index contributed by atoms with van der Waals surface area (Å²) in [5, 5.41) is 6.91. The van der Waals surface area contributed by atoms with E-state index in [0.29, 0.717) is 0 Å². The highest BCUT2D eigenvalue weighted by Gasteiger charge is 1.99. The zero-order chi connectivity index (χ0) is 6.69. The normalized spacial score (nSPS) is 18.2. The van der Waals surface area contributed by atoms with E-state index in [9.17, 15) is 0 Å². The Balaban J connectivity index is 0.000000810. The summed E-state index contributed by atoms with van der Waals surface area (Å²) >= 11 is 0. The molecule has 0 unspecified atom stereocenters. The number of rotatable bonds is 1. The second kappa shape index (κ2) is 2.49. The lowest BCUT2D eigenvalue weighted by molar-refractivity contribution is 1.00. The van der Waals surface area contributed by atoms with Gasteiger partial charge in [-0.3, -0.25) is 0 Å². The Morgan fingerprint density at radius 1 is 1.56 bits per heavy atom. The standard InChI is InChI=1S/C7H10N2.H2/c8-5-6-3-1-2-4-7(6)9;/h3-5,8H,1-2,9H2;1H. The molecule has 0 heterocycles. The van der Waals surface area contributed by atoms with Crippen molar-refractivity contribution < 1.29 is 1.43 Å². The SMILES string of the molecule is N=CC1=CCCC=C1N.[HH]. The van der Waals surface area contributed by atoms with Crippen molar-refractivity contribution in [2.24, 2.45) is 5.73 Å². The van der Waals surface area contributed by atoms with Crippen LogP contribution in [0.1, 0.15) is 14.3 Å². The van der Waals surface area contributed by atoms with Crippen molar-refractivity contribution in [2.45, 2.75) is 12.8 Å². The van der Waals surface area contributed by atoms with Crippen molar-refractivity contribution in [3.05, 3.63) is 23.4 Å². The van der Waals surface area contributed by atoms with Gasteiger partial charge in [0, 0.05) is 18.9 Å². The van der Waals surface area contributed by atoms with Crippen LogP contribution >= 0.6 is 0 Å². The van der Waals surface area contributed by atoms with Crippen molar-refractivity contribution in [1.82, 2.24) is 0 Å². The van der Waals surface area contributed by atoms with Crippen molar-refractivity contribution in [1.29, 1.82) is 5.41 Å². The van der Waals surface area contributed by atoms with E-state index < -0.39 is 0 Å². The van der Waals surface area contributed by atoms with Gasteiger partial charge in [0.25, 0.3) is 0 Å². The molecule has 2 heteroatoms. The molecule has 0 spiro atoms. The molecule has 0 amide bonds. The summed E-state index contributed by atoms with van der Waals surface area (Å²) in [6, 6.07) is 0. The molecule has 0 aromatic rings. The molecule has 1 aliphatic rings. The van der Waals surface area contributed by atoms with Crippen LogP contribution < -0.4 is 5.73 Å². The third-order valence-electron chi connectivity index (χ3n) is 1.38. The van der Waals surface area contributed by atoms with Crippen LogP contribution in [0, 0.1) is 5.41 Å². The first-order valence-electron chi connectivity index (χ1n) is 3.01. The molecule has 3 N–H and O–H groups in total. The minimum Gasteiger partial charge on any atom is -0.398 e. The quantitative estimate of drug-likeness (QED) is 0.510. The first-order valence-corrected chi connectivity index (χ1v) is 3.01. The second-order valence-corrected chi connectivity index (χ2v) is 2.04. The molecule has 0 aromatic heterocycles. The molecule has 0 saturated carbocycles. The lowest BCUT2D eigenvalue weighted by Crippen LogP contribution is -2.04. The molecule has 1 rings (SSSR count). The summed E-state index contributed by atoms with van der Waals surface area (Å²) in [5.74, 6) is 0. The maximum Gasteiger partial charge on any atom is 0.0359 e. The summed E-state index contributed by atoms with van der Waals surface area (Å²) in [4.78, 5) is 0. The van der Waals surface area contributed by atoms with Crippen molar-refractivity contribution in [2.75, 3.05) is 0 Å². The summed E-state index contributed by atoms with van der Waals surface area (Å²) in [6.07, 6.45) is 7.28. The molecular formula is C7H12N2. The van der Waals surface area contributed by atoms with Crippen LogP contribution in [0.15, 0.2) is 23.4 Å². The maximum atomic E-state index is 6.91. The molecule has 0 aliphatic heterocycles. The van der Waals surface area contributed by atoms with Gasteiger partial charge in [0.2, 0.25) is 0 Å². The van der Waals surface area contributed by atoms with Crippen molar-refractivity contribution in [3.8, 4) is 0 Å². The Morgan fingerprint density at radius 3 is 2.67 bits per heavy atom. The van der Waals surface area contributed by atoms with Crippen LogP contribution in [-0.2, 0) is 0 Å². The zero-order valence-electron chi connectivity index (χ0n) is 5.22. The highest BCUT2D eigenvalue weighted by Crippen LogP contribution is 2.11. The Morgan fingerprint density at radius 2 is 2.22 bits per heavy atom. The molecule has 0 saturated heterocycles. The highest BCUT2D eigenvalue weighted by molar-refractivity contribution is 5.82. The number of allylic oxidation sites excluding steroid dienone is 3. The fourth-order valence-corrected chi connectivity index (χ4v) is 0.856. The average molecular weight is 124 g/mol. The van der Waals surface area contributed by atoms with Crippen molar-refractivity contribution in [3.63, 3.8) is 0 Å². The zero-order valence-corrected chi connectivity index (χ0v) is 5.22. The van der Waals surface area contributed by atoms with Crippen LogP contribution in [0.25, 0.3) is 0 Å². The molecular weight excluding hydrogens is 112 g/mol. The summed E-state index contributed by atoms with van der Waals surface area (Å²) in [5.41, 5.74) is 7.14. The molecule has 0 radical (unpaired) electrons. The molecule has 2 nitrogen and oxygen atoms in total. The Kier molecular flexibility index (Phi) is 1.68. The summed E-state index contributed by atoms with van der Waals surface area (Å²) in [6.45, 7) is 0. The van der Waals surface area contributed by atoms with E-state index in [2.05, 4.69) is 0 Å². The molecule has 0 bridgehead atoms. The Labute approximate surface area is 56.1 Å². The molecule has 50 valence electrons. The van der Waals surface area contributed by atoms with Crippen LogP contribution in [0.3, 0.4) is 0 Å². The van der Waals surface area contributed by atoms with E-state index in [0.717, 1.165) is 24.1 Å². The fourth-order valence-electron chi connectivity index (χ4n) is 0.856. The molecule has 1 aliphatic carbocycles. The van der Waals surface area contributed by atoms with Gasteiger partial charge in [0.15, 0.2) is 0 Å². The van der Waals surface area contributed by atoms with E-state index in [1.165, 1.54) is 6.21 Å². The number of hydrogen-bond acceptors (Lipinski definition) is 2. The monoisotopic (exact) mass is 124 g/mol. The Hall–Kier alpha value is -1.05. The first kappa shape index (κ1) is 6.08. The average Bonchev–Trinajstić information content (AvgIpc) is 1.89. The van der Waals surface area contributed by atoms with Gasteiger partial charge < -0.3 is 11.1 Å². The van der Waals surface area contributed by atoms with E-state index in [-0.39, 0.29) is 1.43 Å². The topological polar surface area (TPSA) is 49.9 Å². The molecule has 0 atom stereocenters. The maximum absolute atomic E-state index is 6.91. The predicted octanol–water partition coefficient (Wildman–Crippen LogP) is 1.44. The third-order valence-corrected chi connectivity index (χ3v) is 1.38. The van der Waals surface area contributed by atoms with Crippen molar-refractivity contribution >= 4 is 6.21 Å².